The van der Waals surface area contributed by atoms with Crippen molar-refractivity contribution in [2.75, 3.05) is 5.32 Å². The van der Waals surface area contributed by atoms with Crippen LogP contribution in [0.4, 0.5) is 5.69 Å². The molecule has 3 aromatic carbocycles. The Morgan fingerprint density at radius 2 is 1.70 bits per heavy atom. The molecule has 1 amide bonds. The first-order chi connectivity index (χ1) is 14.5. The maximum atomic E-state index is 12.9. The molecule has 30 heavy (non-hydrogen) atoms. The maximum Gasteiger partial charge on any atom is 0.276 e. The maximum absolute atomic E-state index is 12.9. The number of nitrogens with one attached hydrogen (secondary N) is 1. The van der Waals surface area contributed by atoms with E-state index in [2.05, 4.69) is 10.4 Å². The lowest BCUT2D eigenvalue weighted by Crippen LogP contribution is -2.27. The van der Waals surface area contributed by atoms with Crippen LogP contribution in [0.1, 0.15) is 23.0 Å². The van der Waals surface area contributed by atoms with Gasteiger partial charge < -0.3 is 10.1 Å². The Bertz CT molecular complexity index is 1280. The molecular formula is C24H21N3O3. The zero-order valence-corrected chi connectivity index (χ0v) is 16.8. The fourth-order valence-electron chi connectivity index (χ4n) is 3.23. The third kappa shape index (κ3) is 3.93. The molecule has 6 nitrogen and oxygen atoms in total. The summed E-state index contributed by atoms with van der Waals surface area (Å²) in [5.41, 5.74) is 1.73. The summed E-state index contributed by atoms with van der Waals surface area (Å²) < 4.78 is 7.14. The summed E-state index contributed by atoms with van der Waals surface area (Å²) in [6.07, 6.45) is 0. The minimum Gasteiger partial charge on any atom is -0.457 e. The second kappa shape index (κ2) is 8.21. The SMILES string of the molecule is CCn1nc(C(=O)Nc2ccc(Oc3cccc(C)c3)cc2)c2ccccc2c1=O. The van der Waals surface area contributed by atoms with Crippen molar-refractivity contribution in [1.82, 2.24) is 9.78 Å². The standard InChI is InChI=1S/C24H21N3O3/c1-3-27-24(29)21-10-5-4-9-20(21)22(26-27)23(28)25-17-11-13-18(14-12-17)30-19-8-6-7-16(2)15-19/h4-15H,3H2,1-2H3,(H,25,28). The molecule has 0 saturated heterocycles. The Morgan fingerprint density at radius 3 is 2.40 bits per heavy atom. The van der Waals surface area contributed by atoms with Gasteiger partial charge in [-0.2, -0.15) is 5.10 Å². The molecule has 150 valence electrons. The van der Waals surface area contributed by atoms with Gasteiger partial charge in [-0.05, 0) is 61.9 Å². The average molecular weight is 399 g/mol. The second-order valence-electron chi connectivity index (χ2n) is 6.91. The minimum absolute atomic E-state index is 0.206. The Kier molecular flexibility index (Phi) is 5.30. The molecule has 4 aromatic rings. The Balaban J connectivity index is 1.57. The summed E-state index contributed by atoms with van der Waals surface area (Å²) >= 11 is 0. The monoisotopic (exact) mass is 399 g/mol. The lowest BCUT2D eigenvalue weighted by molar-refractivity contribution is 0.102. The lowest BCUT2D eigenvalue weighted by Gasteiger charge is -2.11. The van der Waals surface area contributed by atoms with Crippen LogP contribution in [0.5, 0.6) is 11.5 Å². The molecule has 0 aliphatic heterocycles. The summed E-state index contributed by atoms with van der Waals surface area (Å²) in [4.78, 5) is 25.4. The van der Waals surface area contributed by atoms with E-state index in [1.165, 1.54) is 4.68 Å². The number of amides is 1. The van der Waals surface area contributed by atoms with Gasteiger partial charge in [0.05, 0.1) is 5.39 Å². The van der Waals surface area contributed by atoms with E-state index >= 15 is 0 Å². The van der Waals surface area contributed by atoms with Crippen LogP contribution in [-0.2, 0) is 6.54 Å². The van der Waals surface area contributed by atoms with Crippen LogP contribution in [0.25, 0.3) is 10.8 Å². The number of hydrogen-bond donors (Lipinski definition) is 1. The first kappa shape index (κ1) is 19.4. The average Bonchev–Trinajstić information content (AvgIpc) is 2.75. The molecule has 0 fully saturated rings. The largest absolute Gasteiger partial charge is 0.457 e. The molecule has 0 bridgehead atoms. The zero-order chi connectivity index (χ0) is 21.1. The fourth-order valence-corrected chi connectivity index (χ4v) is 3.23. The first-order valence-corrected chi connectivity index (χ1v) is 9.71. The zero-order valence-electron chi connectivity index (χ0n) is 16.8. The van der Waals surface area contributed by atoms with Crippen LogP contribution >= 0.6 is 0 Å². The third-order valence-corrected chi connectivity index (χ3v) is 4.72. The molecular weight excluding hydrogens is 378 g/mol. The van der Waals surface area contributed by atoms with Gasteiger partial charge in [0, 0.05) is 17.6 Å². The van der Waals surface area contributed by atoms with Gasteiger partial charge in [0.1, 0.15) is 11.5 Å². The number of nitrogens with zero attached hydrogens (tertiary/aromatic N) is 2. The smallest absolute Gasteiger partial charge is 0.276 e. The molecule has 0 atom stereocenters. The van der Waals surface area contributed by atoms with Crippen molar-refractivity contribution in [2.24, 2.45) is 0 Å². The number of aromatic nitrogens is 2. The summed E-state index contributed by atoms with van der Waals surface area (Å²) in [7, 11) is 0. The number of fused-ring (bicyclic) bond motifs is 1. The van der Waals surface area contributed by atoms with E-state index in [-0.39, 0.29) is 17.2 Å². The Hall–Kier alpha value is -3.93. The number of aryl methyl sites for hydroxylation is 2. The number of hydrogen-bond acceptors (Lipinski definition) is 4. The van der Waals surface area contributed by atoms with Crippen molar-refractivity contribution in [2.45, 2.75) is 20.4 Å². The summed E-state index contributed by atoms with van der Waals surface area (Å²) in [5, 5.41) is 8.12. The molecule has 1 N–H and O–H groups in total. The molecule has 0 aliphatic carbocycles. The van der Waals surface area contributed by atoms with Crippen molar-refractivity contribution in [3.8, 4) is 11.5 Å². The van der Waals surface area contributed by atoms with Crippen molar-refractivity contribution in [3.63, 3.8) is 0 Å². The van der Waals surface area contributed by atoms with E-state index in [9.17, 15) is 9.59 Å². The highest BCUT2D eigenvalue weighted by atomic mass is 16.5. The van der Waals surface area contributed by atoms with Gasteiger partial charge in [0.25, 0.3) is 11.5 Å². The lowest BCUT2D eigenvalue weighted by atomic mass is 10.1. The summed E-state index contributed by atoms with van der Waals surface area (Å²) in [6, 6.07) is 21.9. The van der Waals surface area contributed by atoms with Gasteiger partial charge in [0.2, 0.25) is 0 Å². The highest BCUT2D eigenvalue weighted by Gasteiger charge is 2.16. The van der Waals surface area contributed by atoms with Gasteiger partial charge in [-0.15, -0.1) is 0 Å². The van der Waals surface area contributed by atoms with Gasteiger partial charge in [-0.3, -0.25) is 9.59 Å². The van der Waals surface area contributed by atoms with E-state index in [1.807, 2.05) is 38.1 Å². The molecule has 0 unspecified atom stereocenters. The number of carbonyl (C=O) groups is 1. The van der Waals surface area contributed by atoms with Crippen LogP contribution in [0.2, 0.25) is 0 Å². The molecule has 0 spiro atoms. The predicted octanol–water partition coefficient (Wildman–Crippen LogP) is 4.77. The molecule has 0 radical (unpaired) electrons. The summed E-state index contributed by atoms with van der Waals surface area (Å²) in [5.74, 6) is 1.05. The number of rotatable bonds is 5. The fraction of sp³-hybridized carbons (Fsp3) is 0.125. The van der Waals surface area contributed by atoms with E-state index in [4.69, 9.17) is 4.74 Å². The van der Waals surface area contributed by atoms with Gasteiger partial charge >= 0.3 is 0 Å². The number of anilines is 1. The quantitative estimate of drug-likeness (QED) is 0.525. The van der Waals surface area contributed by atoms with Crippen LogP contribution < -0.4 is 15.6 Å². The van der Waals surface area contributed by atoms with Crippen LogP contribution in [0.3, 0.4) is 0 Å². The van der Waals surface area contributed by atoms with E-state index < -0.39 is 0 Å². The molecule has 0 saturated carbocycles. The van der Waals surface area contributed by atoms with E-state index in [0.29, 0.717) is 28.8 Å². The van der Waals surface area contributed by atoms with Gasteiger partial charge in [-0.25, -0.2) is 4.68 Å². The number of ether oxygens (including phenoxy) is 1. The van der Waals surface area contributed by atoms with Crippen LogP contribution in [0.15, 0.2) is 77.6 Å². The normalized spacial score (nSPS) is 10.7. The first-order valence-electron chi connectivity index (χ1n) is 9.71. The highest BCUT2D eigenvalue weighted by molar-refractivity contribution is 6.11. The molecule has 1 aromatic heterocycles. The number of benzene rings is 3. The van der Waals surface area contributed by atoms with Gasteiger partial charge in [0.15, 0.2) is 5.69 Å². The Morgan fingerprint density at radius 1 is 0.967 bits per heavy atom. The van der Waals surface area contributed by atoms with Crippen molar-refractivity contribution in [1.29, 1.82) is 0 Å². The van der Waals surface area contributed by atoms with Crippen molar-refractivity contribution < 1.29 is 9.53 Å². The van der Waals surface area contributed by atoms with Gasteiger partial charge in [-0.1, -0.05) is 30.3 Å². The van der Waals surface area contributed by atoms with Crippen LogP contribution in [-0.4, -0.2) is 15.7 Å². The number of carbonyl (C=O) groups excluding carboxylic acids is 1. The van der Waals surface area contributed by atoms with Crippen molar-refractivity contribution >= 4 is 22.4 Å². The molecule has 6 heteroatoms. The van der Waals surface area contributed by atoms with E-state index in [0.717, 1.165) is 11.3 Å². The predicted molar refractivity (Wildman–Crippen MR) is 117 cm³/mol. The third-order valence-electron chi connectivity index (χ3n) is 4.72. The molecule has 1 heterocycles. The molecule has 0 aliphatic rings. The molecule has 4 rings (SSSR count). The highest BCUT2D eigenvalue weighted by Crippen LogP contribution is 2.24. The second-order valence-corrected chi connectivity index (χ2v) is 6.91. The Labute approximate surface area is 173 Å². The summed E-state index contributed by atoms with van der Waals surface area (Å²) in [6.45, 7) is 4.21. The topological polar surface area (TPSA) is 73.2 Å². The van der Waals surface area contributed by atoms with Crippen molar-refractivity contribution in [3.05, 3.63) is 94.4 Å². The minimum atomic E-state index is -0.374. The van der Waals surface area contributed by atoms with E-state index in [1.54, 1.807) is 48.5 Å². The van der Waals surface area contributed by atoms with Crippen LogP contribution in [0, 0.1) is 6.92 Å².